The first-order valence-electron chi connectivity index (χ1n) is 6.86. The summed E-state index contributed by atoms with van der Waals surface area (Å²) in [5.74, 6) is -0.874. The molecule has 0 bridgehead atoms. The van der Waals surface area contributed by atoms with E-state index in [0.29, 0.717) is 26.2 Å². The van der Waals surface area contributed by atoms with Crippen LogP contribution in [0.1, 0.15) is 39.5 Å². The van der Waals surface area contributed by atoms with Crippen LogP contribution in [0.5, 0.6) is 0 Å². The lowest BCUT2D eigenvalue weighted by Gasteiger charge is -2.29. The minimum Gasteiger partial charge on any atom is -0.481 e. The highest BCUT2D eigenvalue weighted by molar-refractivity contribution is 5.70. The number of ether oxygens (including phenoxy) is 2. The van der Waals surface area contributed by atoms with Gasteiger partial charge in [-0.2, -0.15) is 0 Å². The predicted octanol–water partition coefficient (Wildman–Crippen LogP) is 1.62. The normalized spacial score (nSPS) is 24.4. The Kier molecular flexibility index (Phi) is 7.23. The van der Waals surface area contributed by atoms with Crippen molar-refractivity contribution in [2.75, 3.05) is 19.8 Å². The van der Waals surface area contributed by atoms with Gasteiger partial charge in [-0.05, 0) is 33.1 Å². The van der Waals surface area contributed by atoms with Crippen molar-refractivity contribution in [3.63, 3.8) is 0 Å². The van der Waals surface area contributed by atoms with Crippen molar-refractivity contribution in [2.24, 2.45) is 5.92 Å². The molecule has 0 radical (unpaired) electrons. The lowest BCUT2D eigenvalue weighted by Crippen LogP contribution is -2.41. The van der Waals surface area contributed by atoms with E-state index in [0.717, 1.165) is 19.3 Å². The number of carboxylic acids is 1. The smallest absolute Gasteiger partial charge is 0.306 e. The molecule has 18 heavy (non-hydrogen) atoms. The van der Waals surface area contributed by atoms with Gasteiger partial charge in [0.05, 0.1) is 5.92 Å². The molecule has 1 saturated carbocycles. The summed E-state index contributed by atoms with van der Waals surface area (Å²) in [6, 6.07) is 0.267. The molecule has 0 aliphatic heterocycles. The van der Waals surface area contributed by atoms with E-state index in [1.54, 1.807) is 0 Å². The first kappa shape index (κ1) is 15.4. The van der Waals surface area contributed by atoms with Gasteiger partial charge in [-0.25, -0.2) is 0 Å². The molecule has 5 heteroatoms. The Morgan fingerprint density at radius 3 is 2.56 bits per heavy atom. The van der Waals surface area contributed by atoms with Crippen LogP contribution in [0.3, 0.4) is 0 Å². The number of carboxylic acid groups (broad SMARTS) is 1. The van der Waals surface area contributed by atoms with Crippen molar-refractivity contribution in [1.82, 2.24) is 5.32 Å². The molecule has 2 N–H and O–H groups in total. The Labute approximate surface area is 109 Å². The van der Waals surface area contributed by atoms with Crippen LogP contribution in [-0.4, -0.2) is 43.2 Å². The fourth-order valence-corrected chi connectivity index (χ4v) is 2.40. The van der Waals surface area contributed by atoms with Crippen LogP contribution in [-0.2, 0) is 14.3 Å². The lowest BCUT2D eigenvalue weighted by atomic mass is 9.86. The van der Waals surface area contributed by atoms with Gasteiger partial charge in [-0.15, -0.1) is 0 Å². The molecule has 0 spiro atoms. The average molecular weight is 259 g/mol. The summed E-state index contributed by atoms with van der Waals surface area (Å²) in [6.45, 7) is 5.74. The minimum absolute atomic E-state index is 0.200. The molecule has 0 aromatic heterocycles. The molecule has 1 aliphatic carbocycles. The van der Waals surface area contributed by atoms with Gasteiger partial charge in [0.2, 0.25) is 0 Å². The highest BCUT2D eigenvalue weighted by Gasteiger charge is 2.27. The lowest BCUT2D eigenvalue weighted by molar-refractivity contribution is -0.143. The predicted molar refractivity (Wildman–Crippen MR) is 68.4 cm³/mol. The van der Waals surface area contributed by atoms with Gasteiger partial charge in [-0.3, -0.25) is 4.79 Å². The van der Waals surface area contributed by atoms with E-state index in [1.165, 1.54) is 0 Å². The van der Waals surface area contributed by atoms with Gasteiger partial charge < -0.3 is 19.9 Å². The van der Waals surface area contributed by atoms with Crippen molar-refractivity contribution >= 4 is 5.97 Å². The highest BCUT2D eigenvalue weighted by atomic mass is 16.7. The number of carbonyl (C=O) groups is 1. The van der Waals surface area contributed by atoms with Crippen LogP contribution in [0.25, 0.3) is 0 Å². The van der Waals surface area contributed by atoms with E-state index in [2.05, 4.69) is 5.32 Å². The van der Waals surface area contributed by atoms with E-state index < -0.39 is 5.97 Å². The molecule has 1 rings (SSSR count). The third-order valence-electron chi connectivity index (χ3n) is 3.30. The average Bonchev–Trinajstić information content (AvgIpc) is 2.37. The summed E-state index contributed by atoms with van der Waals surface area (Å²) >= 11 is 0. The summed E-state index contributed by atoms with van der Waals surface area (Å²) in [7, 11) is 0. The van der Waals surface area contributed by atoms with Crippen molar-refractivity contribution in [2.45, 2.75) is 51.9 Å². The number of nitrogens with one attached hydrogen (secondary N) is 1. The van der Waals surface area contributed by atoms with Crippen molar-refractivity contribution < 1.29 is 19.4 Å². The van der Waals surface area contributed by atoms with Gasteiger partial charge in [-0.1, -0.05) is 6.42 Å². The van der Waals surface area contributed by atoms with Crippen LogP contribution < -0.4 is 5.32 Å². The molecule has 106 valence electrons. The first-order valence-corrected chi connectivity index (χ1v) is 6.86. The standard InChI is InChI=1S/C13H25NO4/c1-3-17-12(18-4-2)9-14-11-7-5-6-10(8-11)13(15)16/h10-12,14H,3-9H2,1-2H3,(H,15,16). The Hall–Kier alpha value is -0.650. The number of rotatable bonds is 8. The van der Waals surface area contributed by atoms with Gasteiger partial charge in [0.1, 0.15) is 0 Å². The summed E-state index contributed by atoms with van der Waals surface area (Å²) in [5, 5.41) is 12.4. The van der Waals surface area contributed by atoms with Gasteiger partial charge in [0, 0.05) is 25.8 Å². The molecular formula is C13H25NO4. The second-order valence-corrected chi connectivity index (χ2v) is 4.65. The molecule has 1 aliphatic rings. The second kappa shape index (κ2) is 8.45. The van der Waals surface area contributed by atoms with Crippen molar-refractivity contribution in [3.05, 3.63) is 0 Å². The topological polar surface area (TPSA) is 67.8 Å². The Balaban J connectivity index is 2.30. The third-order valence-corrected chi connectivity index (χ3v) is 3.30. The van der Waals surface area contributed by atoms with E-state index in [4.69, 9.17) is 14.6 Å². The zero-order valence-electron chi connectivity index (χ0n) is 11.4. The number of aliphatic carboxylic acids is 1. The second-order valence-electron chi connectivity index (χ2n) is 4.65. The third kappa shape index (κ3) is 5.33. The van der Waals surface area contributed by atoms with Crippen LogP contribution in [0, 0.1) is 5.92 Å². The van der Waals surface area contributed by atoms with Gasteiger partial charge in [0.25, 0.3) is 0 Å². The largest absolute Gasteiger partial charge is 0.481 e. The fourth-order valence-electron chi connectivity index (χ4n) is 2.40. The SMILES string of the molecule is CCOC(CNC1CCCC(C(=O)O)C1)OCC. The fraction of sp³-hybridized carbons (Fsp3) is 0.923. The maximum Gasteiger partial charge on any atom is 0.306 e. The molecule has 2 unspecified atom stereocenters. The zero-order chi connectivity index (χ0) is 13.4. The molecule has 0 aromatic rings. The summed E-state index contributed by atoms with van der Waals surface area (Å²) in [4.78, 5) is 11.0. The Morgan fingerprint density at radius 2 is 2.00 bits per heavy atom. The highest BCUT2D eigenvalue weighted by Crippen LogP contribution is 2.24. The molecule has 1 fully saturated rings. The summed E-state index contributed by atoms with van der Waals surface area (Å²) < 4.78 is 10.9. The van der Waals surface area contributed by atoms with E-state index in [-0.39, 0.29) is 18.2 Å². The molecular weight excluding hydrogens is 234 g/mol. The van der Waals surface area contributed by atoms with Crippen LogP contribution in [0.4, 0.5) is 0 Å². The Morgan fingerprint density at radius 1 is 1.33 bits per heavy atom. The van der Waals surface area contributed by atoms with Gasteiger partial charge in [0.15, 0.2) is 6.29 Å². The van der Waals surface area contributed by atoms with Crippen LogP contribution in [0.2, 0.25) is 0 Å². The molecule has 0 aromatic carbocycles. The molecule has 5 nitrogen and oxygen atoms in total. The summed E-state index contributed by atoms with van der Waals surface area (Å²) in [5.41, 5.74) is 0. The van der Waals surface area contributed by atoms with Crippen molar-refractivity contribution in [3.8, 4) is 0 Å². The summed E-state index contributed by atoms with van der Waals surface area (Å²) in [6.07, 6.45) is 3.29. The first-order chi connectivity index (χ1) is 8.67. The zero-order valence-corrected chi connectivity index (χ0v) is 11.4. The van der Waals surface area contributed by atoms with E-state index >= 15 is 0 Å². The molecule has 2 atom stereocenters. The van der Waals surface area contributed by atoms with E-state index in [1.807, 2.05) is 13.8 Å². The Bertz CT molecular complexity index is 241. The minimum atomic E-state index is -0.673. The van der Waals surface area contributed by atoms with E-state index in [9.17, 15) is 4.79 Å². The molecule has 0 heterocycles. The monoisotopic (exact) mass is 259 g/mol. The molecule has 0 amide bonds. The number of hydrogen-bond acceptors (Lipinski definition) is 4. The van der Waals surface area contributed by atoms with Crippen LogP contribution in [0.15, 0.2) is 0 Å². The van der Waals surface area contributed by atoms with Crippen molar-refractivity contribution in [1.29, 1.82) is 0 Å². The maximum absolute atomic E-state index is 11.0. The number of hydrogen-bond donors (Lipinski definition) is 2. The van der Waals surface area contributed by atoms with Crippen LogP contribution >= 0.6 is 0 Å². The maximum atomic E-state index is 11.0. The quantitative estimate of drug-likeness (QED) is 0.648. The van der Waals surface area contributed by atoms with Gasteiger partial charge >= 0.3 is 5.97 Å². The molecule has 0 saturated heterocycles.